The number of nitrogens with two attached hydrogens (primary N) is 1. The quantitative estimate of drug-likeness (QED) is 0.778. The molecule has 1 rings (SSSR count). The summed E-state index contributed by atoms with van der Waals surface area (Å²) in [4.78, 5) is 8.97. The monoisotopic (exact) mass is 236 g/mol. The summed E-state index contributed by atoms with van der Waals surface area (Å²) in [5.41, 5.74) is 6.75. The van der Waals surface area contributed by atoms with Gasteiger partial charge in [0.15, 0.2) is 0 Å². The van der Waals surface area contributed by atoms with Gasteiger partial charge in [0.2, 0.25) is 0 Å². The fourth-order valence-corrected chi connectivity index (χ4v) is 1.74. The Kier molecular flexibility index (Phi) is 5.94. The van der Waals surface area contributed by atoms with Gasteiger partial charge in [-0.05, 0) is 39.2 Å². The van der Waals surface area contributed by atoms with Gasteiger partial charge in [-0.15, -0.1) is 0 Å². The maximum Gasteiger partial charge on any atom is 0.123 e. The topological polar surface area (TPSA) is 45.4 Å². The first-order chi connectivity index (χ1) is 8.11. The maximum absolute atomic E-state index is 5.69. The fraction of sp³-hybridized carbons (Fsp3) is 0.615. The second-order valence-electron chi connectivity index (χ2n) is 4.63. The summed E-state index contributed by atoms with van der Waals surface area (Å²) in [7, 11) is 4.20. The average Bonchev–Trinajstić information content (AvgIpc) is 2.26. The summed E-state index contributed by atoms with van der Waals surface area (Å²) in [6.45, 7) is 6.33. The minimum absolute atomic E-state index is 0.603. The van der Waals surface area contributed by atoms with Gasteiger partial charge in [-0.3, -0.25) is 4.90 Å². The molecule has 0 aromatic carbocycles. The van der Waals surface area contributed by atoms with Crippen LogP contribution < -0.4 is 5.73 Å². The molecule has 4 nitrogen and oxygen atoms in total. The average molecular weight is 236 g/mol. The normalized spacial score (nSPS) is 11.4. The molecule has 4 heteroatoms. The van der Waals surface area contributed by atoms with Gasteiger partial charge in [-0.1, -0.05) is 13.0 Å². The Balaban J connectivity index is 2.53. The summed E-state index contributed by atoms with van der Waals surface area (Å²) >= 11 is 0. The van der Waals surface area contributed by atoms with Crippen LogP contribution in [0.5, 0.6) is 0 Å². The summed E-state index contributed by atoms with van der Waals surface area (Å²) in [6, 6.07) is 5.83. The molecule has 0 atom stereocenters. The van der Waals surface area contributed by atoms with Gasteiger partial charge < -0.3 is 10.6 Å². The van der Waals surface area contributed by atoms with Crippen molar-refractivity contribution in [2.24, 2.45) is 0 Å². The van der Waals surface area contributed by atoms with E-state index < -0.39 is 0 Å². The van der Waals surface area contributed by atoms with Crippen molar-refractivity contribution in [2.45, 2.75) is 19.9 Å². The lowest BCUT2D eigenvalue weighted by Gasteiger charge is -2.23. The van der Waals surface area contributed by atoms with Crippen molar-refractivity contribution in [1.82, 2.24) is 14.8 Å². The maximum atomic E-state index is 5.69. The van der Waals surface area contributed by atoms with Gasteiger partial charge >= 0.3 is 0 Å². The van der Waals surface area contributed by atoms with Crippen LogP contribution in [0.3, 0.4) is 0 Å². The van der Waals surface area contributed by atoms with E-state index in [1.807, 2.05) is 18.2 Å². The highest BCUT2D eigenvalue weighted by Gasteiger charge is 2.06. The standard InChI is InChI=1S/C13H24N4/c1-4-8-17(10-9-16(2)3)11-12-6-5-7-13(14)15-12/h5-7H,4,8-11H2,1-3H3,(H2,14,15). The van der Waals surface area contributed by atoms with Crippen LogP contribution >= 0.6 is 0 Å². The molecule has 0 unspecified atom stereocenters. The highest BCUT2D eigenvalue weighted by Crippen LogP contribution is 2.05. The minimum Gasteiger partial charge on any atom is -0.384 e. The molecule has 0 aliphatic carbocycles. The molecule has 17 heavy (non-hydrogen) atoms. The van der Waals surface area contributed by atoms with Crippen molar-refractivity contribution in [3.8, 4) is 0 Å². The molecule has 0 spiro atoms. The molecule has 0 aliphatic rings. The zero-order valence-electron chi connectivity index (χ0n) is 11.2. The Morgan fingerprint density at radius 2 is 1.94 bits per heavy atom. The van der Waals surface area contributed by atoms with Crippen molar-refractivity contribution in [2.75, 3.05) is 39.5 Å². The van der Waals surface area contributed by atoms with Crippen molar-refractivity contribution in [1.29, 1.82) is 0 Å². The molecule has 0 aliphatic heterocycles. The molecule has 0 radical (unpaired) electrons. The number of aromatic nitrogens is 1. The lowest BCUT2D eigenvalue weighted by Crippen LogP contribution is -2.32. The van der Waals surface area contributed by atoms with E-state index in [2.05, 4.69) is 35.8 Å². The number of rotatable bonds is 7. The van der Waals surface area contributed by atoms with Gasteiger partial charge in [0.25, 0.3) is 0 Å². The van der Waals surface area contributed by atoms with Crippen molar-refractivity contribution in [3.05, 3.63) is 23.9 Å². The van der Waals surface area contributed by atoms with Crippen LogP contribution in [0.4, 0.5) is 5.82 Å². The molecule has 0 bridgehead atoms. The predicted octanol–water partition coefficient (Wildman–Crippen LogP) is 1.44. The third-order valence-electron chi connectivity index (χ3n) is 2.62. The van der Waals surface area contributed by atoms with Crippen LogP contribution in [0.25, 0.3) is 0 Å². The molecule has 0 saturated heterocycles. The largest absolute Gasteiger partial charge is 0.384 e. The lowest BCUT2D eigenvalue weighted by molar-refractivity contribution is 0.232. The van der Waals surface area contributed by atoms with Crippen LogP contribution in [0.2, 0.25) is 0 Å². The molecule has 1 aromatic rings. The fourth-order valence-electron chi connectivity index (χ4n) is 1.74. The highest BCUT2D eigenvalue weighted by molar-refractivity contribution is 5.28. The van der Waals surface area contributed by atoms with E-state index in [-0.39, 0.29) is 0 Å². The van der Waals surface area contributed by atoms with E-state index >= 15 is 0 Å². The molecule has 96 valence electrons. The Bertz CT molecular complexity index is 325. The summed E-state index contributed by atoms with van der Waals surface area (Å²) in [5.74, 6) is 0.603. The van der Waals surface area contributed by atoms with Crippen molar-refractivity contribution >= 4 is 5.82 Å². The van der Waals surface area contributed by atoms with E-state index in [0.717, 1.165) is 38.3 Å². The first-order valence-electron chi connectivity index (χ1n) is 6.20. The third kappa shape index (κ3) is 5.65. The minimum atomic E-state index is 0.603. The van der Waals surface area contributed by atoms with Crippen molar-refractivity contribution in [3.63, 3.8) is 0 Å². The second-order valence-corrected chi connectivity index (χ2v) is 4.63. The summed E-state index contributed by atoms with van der Waals surface area (Å²) in [6.07, 6.45) is 1.16. The molecule has 0 fully saturated rings. The Labute approximate surface area is 104 Å². The molecular formula is C13H24N4. The van der Waals surface area contributed by atoms with E-state index in [4.69, 9.17) is 5.73 Å². The van der Waals surface area contributed by atoms with Crippen LogP contribution in [0.15, 0.2) is 18.2 Å². The van der Waals surface area contributed by atoms with Gasteiger partial charge in [-0.2, -0.15) is 0 Å². The second kappa shape index (κ2) is 7.25. The smallest absolute Gasteiger partial charge is 0.123 e. The molecular weight excluding hydrogens is 212 g/mol. The van der Waals surface area contributed by atoms with E-state index in [1.165, 1.54) is 0 Å². The van der Waals surface area contributed by atoms with Crippen LogP contribution in [0.1, 0.15) is 19.0 Å². The van der Waals surface area contributed by atoms with E-state index in [9.17, 15) is 0 Å². The number of anilines is 1. The first-order valence-corrected chi connectivity index (χ1v) is 6.20. The first kappa shape index (κ1) is 13.9. The van der Waals surface area contributed by atoms with Gasteiger partial charge in [-0.25, -0.2) is 4.98 Å². The number of nitrogens with zero attached hydrogens (tertiary/aromatic N) is 3. The Morgan fingerprint density at radius 3 is 2.53 bits per heavy atom. The zero-order valence-corrected chi connectivity index (χ0v) is 11.2. The highest BCUT2D eigenvalue weighted by atomic mass is 15.2. The van der Waals surface area contributed by atoms with Gasteiger partial charge in [0, 0.05) is 19.6 Å². The number of likely N-dealkylation sites (N-methyl/N-ethyl adjacent to an activating group) is 1. The van der Waals surface area contributed by atoms with Gasteiger partial charge in [0.05, 0.1) is 5.69 Å². The van der Waals surface area contributed by atoms with Crippen LogP contribution in [-0.4, -0.2) is 48.5 Å². The van der Waals surface area contributed by atoms with Gasteiger partial charge in [0.1, 0.15) is 5.82 Å². The third-order valence-corrected chi connectivity index (χ3v) is 2.62. The van der Waals surface area contributed by atoms with Crippen LogP contribution in [-0.2, 0) is 6.54 Å². The molecule has 0 saturated carbocycles. The number of pyridine rings is 1. The SMILES string of the molecule is CCCN(CCN(C)C)Cc1cccc(N)n1. The molecule has 1 heterocycles. The summed E-state index contributed by atoms with van der Waals surface area (Å²) in [5, 5.41) is 0. The zero-order chi connectivity index (χ0) is 12.7. The molecule has 2 N–H and O–H groups in total. The van der Waals surface area contributed by atoms with Crippen molar-refractivity contribution < 1.29 is 0 Å². The molecule has 0 amide bonds. The summed E-state index contributed by atoms with van der Waals surface area (Å²) < 4.78 is 0. The number of nitrogen functional groups attached to an aromatic ring is 1. The Hall–Kier alpha value is -1.13. The van der Waals surface area contributed by atoms with E-state index in [1.54, 1.807) is 0 Å². The van der Waals surface area contributed by atoms with Crippen LogP contribution in [0, 0.1) is 0 Å². The van der Waals surface area contributed by atoms with E-state index in [0.29, 0.717) is 5.82 Å². The number of hydrogen-bond acceptors (Lipinski definition) is 4. The Morgan fingerprint density at radius 1 is 1.18 bits per heavy atom. The predicted molar refractivity (Wildman–Crippen MR) is 72.8 cm³/mol. The lowest BCUT2D eigenvalue weighted by atomic mass is 10.3. The number of hydrogen-bond donors (Lipinski definition) is 1. The molecule has 1 aromatic heterocycles.